The van der Waals surface area contributed by atoms with Gasteiger partial charge in [-0.15, -0.1) is 11.3 Å². The fraction of sp³-hybridized carbons (Fsp3) is 0.706. The highest BCUT2D eigenvalue weighted by Gasteiger charge is 2.07. The van der Waals surface area contributed by atoms with Gasteiger partial charge in [0, 0.05) is 49.0 Å². The number of ether oxygens (including phenoxy) is 2. The summed E-state index contributed by atoms with van der Waals surface area (Å²) < 4.78 is 10.4. The number of nitrogens with one attached hydrogen (secondary N) is 2. The first-order valence-corrected chi connectivity index (χ1v) is 9.14. The Bertz CT molecular complexity index is 449. The maximum atomic E-state index is 5.44. The van der Waals surface area contributed by atoms with Crippen LogP contribution in [-0.4, -0.2) is 52.0 Å². The predicted octanol–water partition coefficient (Wildman–Crippen LogP) is 2.60. The molecule has 0 saturated heterocycles. The van der Waals surface area contributed by atoms with E-state index in [2.05, 4.69) is 48.5 Å². The van der Waals surface area contributed by atoms with Gasteiger partial charge in [0.1, 0.15) is 0 Å². The number of aryl methyl sites for hydroxylation is 1. The highest BCUT2D eigenvalue weighted by molar-refractivity contribution is 7.11. The first-order valence-electron chi connectivity index (χ1n) is 8.32. The van der Waals surface area contributed by atoms with Gasteiger partial charge in [-0.25, -0.2) is 0 Å². The van der Waals surface area contributed by atoms with E-state index in [0.29, 0.717) is 19.3 Å². The number of hydrogen-bond acceptors (Lipinski definition) is 4. The van der Waals surface area contributed by atoms with Gasteiger partial charge < -0.3 is 20.1 Å². The van der Waals surface area contributed by atoms with Crippen molar-refractivity contribution in [2.45, 2.75) is 39.7 Å². The highest BCUT2D eigenvalue weighted by Crippen LogP contribution is 2.16. The zero-order valence-electron chi connectivity index (χ0n) is 14.9. The third kappa shape index (κ3) is 9.58. The lowest BCUT2D eigenvalue weighted by Crippen LogP contribution is -2.43. The summed E-state index contributed by atoms with van der Waals surface area (Å²) in [6.45, 7) is 10.0. The topological polar surface area (TPSA) is 54.9 Å². The minimum atomic E-state index is 0.351. The van der Waals surface area contributed by atoms with Gasteiger partial charge in [-0.2, -0.15) is 0 Å². The SMILES string of the molecule is CCNC(=NCCCOCCOC)NC(C)Cc1ccc(C)s1. The number of methoxy groups -OCH3 is 1. The Kier molecular flexibility index (Phi) is 10.7. The van der Waals surface area contributed by atoms with Crippen molar-refractivity contribution >= 4 is 17.3 Å². The highest BCUT2D eigenvalue weighted by atomic mass is 32.1. The molecule has 0 aliphatic carbocycles. The Balaban J connectivity index is 2.30. The molecule has 0 radical (unpaired) electrons. The lowest BCUT2D eigenvalue weighted by Gasteiger charge is -2.17. The number of rotatable bonds is 11. The van der Waals surface area contributed by atoms with Crippen molar-refractivity contribution in [1.29, 1.82) is 0 Å². The number of hydrogen-bond donors (Lipinski definition) is 2. The molecule has 0 amide bonds. The fourth-order valence-corrected chi connectivity index (χ4v) is 3.12. The average molecular weight is 342 g/mol. The van der Waals surface area contributed by atoms with Crippen LogP contribution in [0.3, 0.4) is 0 Å². The summed E-state index contributed by atoms with van der Waals surface area (Å²) in [5, 5.41) is 6.77. The van der Waals surface area contributed by atoms with Crippen LogP contribution in [0.15, 0.2) is 17.1 Å². The van der Waals surface area contributed by atoms with E-state index in [1.54, 1.807) is 7.11 Å². The monoisotopic (exact) mass is 341 g/mol. The molecular weight excluding hydrogens is 310 g/mol. The van der Waals surface area contributed by atoms with E-state index in [0.717, 1.165) is 38.5 Å². The van der Waals surface area contributed by atoms with Crippen molar-refractivity contribution in [3.8, 4) is 0 Å². The van der Waals surface area contributed by atoms with Crippen molar-refractivity contribution < 1.29 is 9.47 Å². The van der Waals surface area contributed by atoms with Gasteiger partial charge in [-0.1, -0.05) is 0 Å². The van der Waals surface area contributed by atoms with Crippen molar-refractivity contribution in [3.05, 3.63) is 21.9 Å². The molecule has 1 aromatic rings. The van der Waals surface area contributed by atoms with Crippen molar-refractivity contribution in [2.24, 2.45) is 4.99 Å². The maximum Gasteiger partial charge on any atom is 0.191 e. The van der Waals surface area contributed by atoms with Crippen molar-refractivity contribution in [1.82, 2.24) is 10.6 Å². The van der Waals surface area contributed by atoms with E-state index in [-0.39, 0.29) is 0 Å². The van der Waals surface area contributed by atoms with E-state index in [9.17, 15) is 0 Å². The Morgan fingerprint density at radius 3 is 2.78 bits per heavy atom. The molecule has 6 heteroatoms. The molecule has 0 fully saturated rings. The number of nitrogens with zero attached hydrogens (tertiary/aromatic N) is 1. The largest absolute Gasteiger partial charge is 0.382 e. The second-order valence-corrected chi connectivity index (χ2v) is 6.85. The molecule has 0 aliphatic rings. The Morgan fingerprint density at radius 2 is 2.13 bits per heavy atom. The molecular formula is C17H31N3O2S. The number of thiophene rings is 1. The number of guanidine groups is 1. The van der Waals surface area contributed by atoms with Crippen LogP contribution in [0.4, 0.5) is 0 Å². The maximum absolute atomic E-state index is 5.44. The second-order valence-electron chi connectivity index (χ2n) is 5.48. The Morgan fingerprint density at radius 1 is 1.30 bits per heavy atom. The van der Waals surface area contributed by atoms with E-state index in [1.807, 2.05) is 11.3 Å². The molecule has 1 unspecified atom stereocenters. The zero-order valence-corrected chi connectivity index (χ0v) is 15.7. The van der Waals surface area contributed by atoms with Crippen LogP contribution in [0.5, 0.6) is 0 Å². The standard InChI is InChI=1S/C17H31N3O2S/c1-5-18-17(19-9-6-10-22-12-11-21-4)20-14(2)13-16-8-7-15(3)23-16/h7-8,14H,5-6,9-13H2,1-4H3,(H2,18,19,20). The van der Waals surface area contributed by atoms with Crippen LogP contribution in [0.25, 0.3) is 0 Å². The normalized spacial score (nSPS) is 13.1. The van der Waals surface area contributed by atoms with Gasteiger partial charge in [0.25, 0.3) is 0 Å². The molecule has 1 rings (SSSR count). The lowest BCUT2D eigenvalue weighted by molar-refractivity contribution is 0.0702. The smallest absolute Gasteiger partial charge is 0.191 e. The van der Waals surface area contributed by atoms with Crippen LogP contribution in [0, 0.1) is 6.92 Å². The summed E-state index contributed by atoms with van der Waals surface area (Å²) in [5.41, 5.74) is 0. The van der Waals surface area contributed by atoms with Crippen LogP contribution >= 0.6 is 11.3 Å². The van der Waals surface area contributed by atoms with Crippen LogP contribution < -0.4 is 10.6 Å². The lowest BCUT2D eigenvalue weighted by atomic mass is 10.2. The molecule has 5 nitrogen and oxygen atoms in total. The summed E-state index contributed by atoms with van der Waals surface area (Å²) >= 11 is 1.86. The van der Waals surface area contributed by atoms with E-state index in [4.69, 9.17) is 9.47 Å². The minimum absolute atomic E-state index is 0.351. The van der Waals surface area contributed by atoms with Gasteiger partial charge in [-0.3, -0.25) is 4.99 Å². The first kappa shape index (κ1) is 19.9. The summed E-state index contributed by atoms with van der Waals surface area (Å²) in [6, 6.07) is 4.73. The van der Waals surface area contributed by atoms with Crippen LogP contribution in [0.2, 0.25) is 0 Å². The molecule has 1 aromatic heterocycles. The molecule has 0 saturated carbocycles. The quantitative estimate of drug-likeness (QED) is 0.369. The molecule has 0 aliphatic heterocycles. The zero-order chi connectivity index (χ0) is 16.9. The molecule has 0 aromatic carbocycles. The van der Waals surface area contributed by atoms with E-state index >= 15 is 0 Å². The molecule has 1 heterocycles. The van der Waals surface area contributed by atoms with Gasteiger partial charge in [0.15, 0.2) is 5.96 Å². The van der Waals surface area contributed by atoms with Gasteiger partial charge in [0.2, 0.25) is 0 Å². The average Bonchev–Trinajstić information content (AvgIpc) is 2.91. The van der Waals surface area contributed by atoms with E-state index in [1.165, 1.54) is 9.75 Å². The summed E-state index contributed by atoms with van der Waals surface area (Å²) in [7, 11) is 1.68. The fourth-order valence-electron chi connectivity index (χ4n) is 2.10. The third-order valence-electron chi connectivity index (χ3n) is 3.18. The first-order chi connectivity index (χ1) is 11.2. The summed E-state index contributed by atoms with van der Waals surface area (Å²) in [6.07, 6.45) is 1.93. The molecule has 2 N–H and O–H groups in total. The summed E-state index contributed by atoms with van der Waals surface area (Å²) in [4.78, 5) is 7.37. The molecule has 0 spiro atoms. The van der Waals surface area contributed by atoms with Crippen molar-refractivity contribution in [2.75, 3.05) is 40.0 Å². The summed E-state index contributed by atoms with van der Waals surface area (Å²) in [5.74, 6) is 0.880. The molecule has 23 heavy (non-hydrogen) atoms. The molecule has 1 atom stereocenters. The number of aliphatic imine (C=N–C) groups is 1. The second kappa shape index (κ2) is 12.3. The Labute approximate surface area is 144 Å². The third-order valence-corrected chi connectivity index (χ3v) is 4.20. The Hall–Kier alpha value is -1.11. The van der Waals surface area contributed by atoms with E-state index < -0.39 is 0 Å². The molecule has 132 valence electrons. The minimum Gasteiger partial charge on any atom is -0.382 e. The van der Waals surface area contributed by atoms with Crippen LogP contribution in [-0.2, 0) is 15.9 Å². The van der Waals surface area contributed by atoms with Gasteiger partial charge in [-0.05, 0) is 39.3 Å². The van der Waals surface area contributed by atoms with Crippen LogP contribution in [0.1, 0.15) is 30.0 Å². The predicted molar refractivity (Wildman–Crippen MR) is 98.6 cm³/mol. The molecule has 0 bridgehead atoms. The van der Waals surface area contributed by atoms with Gasteiger partial charge in [0.05, 0.1) is 13.2 Å². The van der Waals surface area contributed by atoms with Crippen molar-refractivity contribution in [3.63, 3.8) is 0 Å². The van der Waals surface area contributed by atoms with Gasteiger partial charge >= 0.3 is 0 Å².